The van der Waals surface area contributed by atoms with Crippen LogP contribution < -0.4 is 0 Å². The number of thioether (sulfide) groups is 2. The Morgan fingerprint density at radius 3 is 2.63 bits per heavy atom. The molecule has 4 heteroatoms. The van der Waals surface area contributed by atoms with Crippen LogP contribution in [0.2, 0.25) is 0 Å². The van der Waals surface area contributed by atoms with E-state index in [1.807, 2.05) is 0 Å². The van der Waals surface area contributed by atoms with E-state index >= 15 is 0 Å². The molecule has 0 saturated carbocycles. The van der Waals surface area contributed by atoms with Gasteiger partial charge >= 0.3 is 0 Å². The molecule has 0 N–H and O–H groups in total. The SMILES string of the molecule is CC(C)(CCCOC1CCCCO1)C1SCCCS1. The maximum Gasteiger partial charge on any atom is 0.157 e. The molecule has 0 aromatic heterocycles. The molecule has 0 amide bonds. The molecule has 2 aliphatic heterocycles. The van der Waals surface area contributed by atoms with Gasteiger partial charge in [0.2, 0.25) is 0 Å². The highest BCUT2D eigenvalue weighted by Gasteiger charge is 2.31. The van der Waals surface area contributed by atoms with E-state index in [1.165, 1.54) is 37.2 Å². The van der Waals surface area contributed by atoms with Crippen LogP contribution in [0.25, 0.3) is 0 Å². The molecule has 19 heavy (non-hydrogen) atoms. The van der Waals surface area contributed by atoms with E-state index in [-0.39, 0.29) is 6.29 Å². The van der Waals surface area contributed by atoms with Crippen LogP contribution in [0, 0.1) is 5.41 Å². The lowest BCUT2D eigenvalue weighted by Gasteiger charge is -2.36. The minimum Gasteiger partial charge on any atom is -0.353 e. The zero-order valence-electron chi connectivity index (χ0n) is 12.4. The summed E-state index contributed by atoms with van der Waals surface area (Å²) < 4.78 is 12.2. The van der Waals surface area contributed by atoms with Crippen molar-refractivity contribution in [3.63, 3.8) is 0 Å². The Morgan fingerprint density at radius 2 is 1.95 bits per heavy atom. The Balaban J connectivity index is 1.60. The topological polar surface area (TPSA) is 18.5 Å². The predicted octanol–water partition coefficient (Wildman–Crippen LogP) is 4.53. The first kappa shape index (κ1) is 16.0. The molecule has 2 saturated heterocycles. The highest BCUT2D eigenvalue weighted by atomic mass is 32.2. The predicted molar refractivity (Wildman–Crippen MR) is 85.9 cm³/mol. The van der Waals surface area contributed by atoms with Crippen LogP contribution in [0.1, 0.15) is 52.4 Å². The van der Waals surface area contributed by atoms with Gasteiger partial charge in [0.25, 0.3) is 0 Å². The van der Waals surface area contributed by atoms with Gasteiger partial charge in [-0.1, -0.05) is 13.8 Å². The summed E-state index contributed by atoms with van der Waals surface area (Å²) in [6, 6.07) is 0. The van der Waals surface area contributed by atoms with E-state index in [4.69, 9.17) is 9.47 Å². The monoisotopic (exact) mass is 304 g/mol. The van der Waals surface area contributed by atoms with Crippen molar-refractivity contribution in [2.75, 3.05) is 24.7 Å². The first-order chi connectivity index (χ1) is 9.18. The van der Waals surface area contributed by atoms with E-state index < -0.39 is 0 Å². The molecular weight excluding hydrogens is 276 g/mol. The fourth-order valence-electron chi connectivity index (χ4n) is 2.64. The highest BCUT2D eigenvalue weighted by molar-refractivity contribution is 8.17. The lowest BCUT2D eigenvalue weighted by Crippen LogP contribution is -2.28. The number of ether oxygens (including phenoxy) is 2. The fourth-order valence-corrected chi connectivity index (χ4v) is 5.98. The van der Waals surface area contributed by atoms with Gasteiger partial charge in [0, 0.05) is 13.2 Å². The smallest absolute Gasteiger partial charge is 0.157 e. The third-order valence-electron chi connectivity index (χ3n) is 3.87. The Bertz CT molecular complexity index is 247. The molecule has 1 atom stereocenters. The van der Waals surface area contributed by atoms with Crippen molar-refractivity contribution in [2.24, 2.45) is 5.41 Å². The fraction of sp³-hybridized carbons (Fsp3) is 1.00. The summed E-state index contributed by atoms with van der Waals surface area (Å²) >= 11 is 4.31. The van der Waals surface area contributed by atoms with Gasteiger partial charge in [0.1, 0.15) is 0 Å². The van der Waals surface area contributed by atoms with Crippen LogP contribution in [0.5, 0.6) is 0 Å². The molecule has 0 radical (unpaired) electrons. The van der Waals surface area contributed by atoms with Crippen LogP contribution in [0.4, 0.5) is 0 Å². The summed E-state index contributed by atoms with van der Waals surface area (Å²) in [5.41, 5.74) is 0.423. The van der Waals surface area contributed by atoms with Gasteiger partial charge in [-0.25, -0.2) is 0 Å². The van der Waals surface area contributed by atoms with Gasteiger partial charge in [-0.3, -0.25) is 0 Å². The zero-order valence-corrected chi connectivity index (χ0v) is 14.0. The molecule has 2 nitrogen and oxygen atoms in total. The van der Waals surface area contributed by atoms with Crippen molar-refractivity contribution in [1.82, 2.24) is 0 Å². The molecule has 2 rings (SSSR count). The maximum absolute atomic E-state index is 5.83. The van der Waals surface area contributed by atoms with Crippen molar-refractivity contribution in [2.45, 2.75) is 63.2 Å². The molecule has 112 valence electrons. The number of rotatable bonds is 6. The molecular formula is C15H28O2S2. The van der Waals surface area contributed by atoms with Crippen LogP contribution in [0.3, 0.4) is 0 Å². The Labute approximate surface area is 126 Å². The zero-order chi connectivity index (χ0) is 13.6. The second kappa shape index (κ2) is 8.16. The highest BCUT2D eigenvalue weighted by Crippen LogP contribution is 2.45. The minimum atomic E-state index is 0.0790. The average molecular weight is 305 g/mol. The molecule has 1 unspecified atom stereocenters. The largest absolute Gasteiger partial charge is 0.353 e. The van der Waals surface area contributed by atoms with E-state index in [1.54, 1.807) is 0 Å². The molecule has 2 heterocycles. The van der Waals surface area contributed by atoms with Crippen LogP contribution in [-0.2, 0) is 9.47 Å². The maximum atomic E-state index is 5.83. The second-order valence-electron chi connectivity index (χ2n) is 6.19. The Kier molecular flexibility index (Phi) is 6.87. The third kappa shape index (κ3) is 5.49. The van der Waals surface area contributed by atoms with Gasteiger partial charge in [-0.2, -0.15) is 0 Å². The first-order valence-electron chi connectivity index (χ1n) is 7.65. The second-order valence-corrected chi connectivity index (χ2v) is 8.91. The quantitative estimate of drug-likeness (QED) is 0.671. The third-order valence-corrected chi connectivity index (χ3v) is 7.62. The first-order valence-corrected chi connectivity index (χ1v) is 9.75. The van der Waals surface area contributed by atoms with Crippen LogP contribution in [0.15, 0.2) is 0 Å². The number of hydrogen-bond donors (Lipinski definition) is 0. The van der Waals surface area contributed by atoms with Gasteiger partial charge < -0.3 is 9.47 Å². The molecule has 0 aromatic carbocycles. The molecule has 0 bridgehead atoms. The summed E-state index contributed by atoms with van der Waals surface area (Å²) in [7, 11) is 0. The molecule has 2 aliphatic rings. The average Bonchev–Trinajstić information content (AvgIpc) is 2.46. The van der Waals surface area contributed by atoms with Gasteiger partial charge in [-0.05, 0) is 55.4 Å². The van der Waals surface area contributed by atoms with Crippen molar-refractivity contribution in [1.29, 1.82) is 0 Å². The molecule has 0 aliphatic carbocycles. The summed E-state index contributed by atoms with van der Waals surface area (Å²) in [6.45, 7) is 6.57. The van der Waals surface area contributed by atoms with Crippen LogP contribution in [-0.4, -0.2) is 35.6 Å². The van der Waals surface area contributed by atoms with Gasteiger partial charge in [0.15, 0.2) is 6.29 Å². The van der Waals surface area contributed by atoms with Crippen molar-refractivity contribution in [3.8, 4) is 0 Å². The van der Waals surface area contributed by atoms with Crippen LogP contribution >= 0.6 is 23.5 Å². The summed E-state index contributed by atoms with van der Waals surface area (Å²) in [4.78, 5) is 0. The summed E-state index contributed by atoms with van der Waals surface area (Å²) in [5.74, 6) is 2.68. The van der Waals surface area contributed by atoms with Gasteiger partial charge in [-0.15, -0.1) is 23.5 Å². The standard InChI is InChI=1S/C15H28O2S2/c1-15(2,14-18-11-6-12-19-14)8-5-10-17-13-7-3-4-9-16-13/h13-14H,3-12H2,1-2H3. The van der Waals surface area contributed by atoms with Gasteiger partial charge in [0.05, 0.1) is 4.58 Å². The lowest BCUT2D eigenvalue weighted by molar-refractivity contribution is -0.163. The Morgan fingerprint density at radius 1 is 1.16 bits per heavy atom. The van der Waals surface area contributed by atoms with Crippen molar-refractivity contribution in [3.05, 3.63) is 0 Å². The summed E-state index contributed by atoms with van der Waals surface area (Å²) in [5, 5.41) is 0. The molecule has 0 spiro atoms. The lowest BCUT2D eigenvalue weighted by atomic mass is 9.90. The van der Waals surface area contributed by atoms with E-state index in [9.17, 15) is 0 Å². The summed E-state index contributed by atoms with van der Waals surface area (Å²) in [6.07, 6.45) is 7.40. The van der Waals surface area contributed by atoms with E-state index in [2.05, 4.69) is 37.4 Å². The molecule has 2 fully saturated rings. The van der Waals surface area contributed by atoms with E-state index in [0.29, 0.717) is 5.41 Å². The minimum absolute atomic E-state index is 0.0790. The Hall–Kier alpha value is 0.620. The molecule has 0 aromatic rings. The van der Waals surface area contributed by atoms with E-state index in [0.717, 1.165) is 30.6 Å². The normalized spacial score (nSPS) is 26.5. The van der Waals surface area contributed by atoms with Crippen molar-refractivity contribution < 1.29 is 9.47 Å². The van der Waals surface area contributed by atoms with Crippen molar-refractivity contribution >= 4 is 23.5 Å². The number of hydrogen-bond acceptors (Lipinski definition) is 4.